The summed E-state index contributed by atoms with van der Waals surface area (Å²) < 4.78 is 16.3. The van der Waals surface area contributed by atoms with Crippen LogP contribution in [0.1, 0.15) is 22.5 Å². The summed E-state index contributed by atoms with van der Waals surface area (Å²) in [5.74, 6) is 0.899. The number of nitrogens with zero attached hydrogens (tertiary/aromatic N) is 2. The third-order valence-corrected chi connectivity index (χ3v) is 5.40. The Bertz CT molecular complexity index is 1150. The van der Waals surface area contributed by atoms with Crippen molar-refractivity contribution in [3.63, 3.8) is 0 Å². The maximum atomic E-state index is 11.4. The van der Waals surface area contributed by atoms with Gasteiger partial charge in [0, 0.05) is 0 Å². The fourth-order valence-electron chi connectivity index (χ4n) is 2.87. The lowest BCUT2D eigenvalue weighted by atomic mass is 10.1. The molecule has 0 aliphatic heterocycles. The molecule has 0 fully saturated rings. The largest absolute Gasteiger partial charge is 0.493 e. The highest BCUT2D eigenvalue weighted by Gasteiger charge is 2.15. The molecule has 0 atom stereocenters. The quantitative estimate of drug-likeness (QED) is 0.296. The molecule has 0 spiro atoms. The van der Waals surface area contributed by atoms with Gasteiger partial charge in [0.05, 0.1) is 34.4 Å². The molecule has 3 rings (SSSR count). The SMILES string of the molecule is COC(=O)COc1c(I)cc(/C=C(\C#N)c2nc3cc(C)c(C)cc3[nH]2)cc1OC. The number of allylic oxidation sites excluding steroid dienone is 1. The highest BCUT2D eigenvalue weighted by atomic mass is 127. The molecule has 0 amide bonds. The summed E-state index contributed by atoms with van der Waals surface area (Å²) in [7, 11) is 2.81. The summed E-state index contributed by atoms with van der Waals surface area (Å²) in [6.07, 6.45) is 1.73. The van der Waals surface area contributed by atoms with Crippen LogP contribution in [0.5, 0.6) is 11.5 Å². The number of hydrogen-bond acceptors (Lipinski definition) is 6. The molecule has 0 unspecified atom stereocenters. The second kappa shape index (κ2) is 9.17. The van der Waals surface area contributed by atoms with E-state index in [0.29, 0.717) is 22.9 Å². The van der Waals surface area contributed by atoms with Crippen molar-refractivity contribution in [1.82, 2.24) is 9.97 Å². The summed E-state index contributed by atoms with van der Waals surface area (Å²) in [6.45, 7) is 3.84. The molecule has 30 heavy (non-hydrogen) atoms. The predicted molar refractivity (Wildman–Crippen MR) is 122 cm³/mol. The van der Waals surface area contributed by atoms with Gasteiger partial charge < -0.3 is 19.2 Å². The second-order valence-electron chi connectivity index (χ2n) is 6.61. The number of carbonyl (C=O) groups excluding carboxylic acids is 1. The second-order valence-corrected chi connectivity index (χ2v) is 7.77. The van der Waals surface area contributed by atoms with E-state index in [-0.39, 0.29) is 6.61 Å². The third-order valence-electron chi connectivity index (χ3n) is 4.60. The van der Waals surface area contributed by atoms with E-state index in [0.717, 1.165) is 31.3 Å². The van der Waals surface area contributed by atoms with Gasteiger partial charge in [0.2, 0.25) is 0 Å². The lowest BCUT2D eigenvalue weighted by molar-refractivity contribution is -0.142. The molecule has 0 aliphatic carbocycles. The number of nitrogens with one attached hydrogen (secondary N) is 1. The Labute approximate surface area is 187 Å². The number of carbonyl (C=O) groups is 1. The number of aromatic amines is 1. The molecule has 1 aromatic heterocycles. The number of halogens is 1. The fraction of sp³-hybridized carbons (Fsp3) is 0.227. The van der Waals surface area contributed by atoms with E-state index in [9.17, 15) is 10.1 Å². The van der Waals surface area contributed by atoms with Gasteiger partial charge in [0.25, 0.3) is 0 Å². The number of methoxy groups -OCH3 is 2. The van der Waals surface area contributed by atoms with Crippen LogP contribution < -0.4 is 9.47 Å². The number of hydrogen-bond donors (Lipinski definition) is 1. The molecular weight excluding hydrogens is 497 g/mol. The highest BCUT2D eigenvalue weighted by Crippen LogP contribution is 2.35. The maximum absolute atomic E-state index is 11.4. The zero-order valence-electron chi connectivity index (χ0n) is 17.0. The van der Waals surface area contributed by atoms with E-state index in [2.05, 4.69) is 43.4 Å². The Hall–Kier alpha value is -3.06. The molecule has 0 saturated heterocycles. The number of H-pyrrole nitrogens is 1. The minimum atomic E-state index is -0.487. The smallest absolute Gasteiger partial charge is 0.343 e. The topological polar surface area (TPSA) is 97.2 Å². The molecule has 3 aromatic rings. The summed E-state index contributed by atoms with van der Waals surface area (Å²) in [6, 6.07) is 9.81. The first-order valence-electron chi connectivity index (χ1n) is 9.02. The monoisotopic (exact) mass is 517 g/mol. The van der Waals surface area contributed by atoms with Crippen molar-refractivity contribution in [2.45, 2.75) is 13.8 Å². The van der Waals surface area contributed by atoms with E-state index in [4.69, 9.17) is 9.47 Å². The number of rotatable bonds is 6. The van der Waals surface area contributed by atoms with Crippen molar-refractivity contribution < 1.29 is 19.0 Å². The van der Waals surface area contributed by atoms with Crippen molar-refractivity contribution >= 4 is 51.2 Å². The summed E-state index contributed by atoms with van der Waals surface area (Å²) in [5, 5.41) is 9.71. The van der Waals surface area contributed by atoms with Crippen molar-refractivity contribution in [3.8, 4) is 17.6 Å². The molecule has 0 aliphatic rings. The average Bonchev–Trinajstić information content (AvgIpc) is 3.13. The van der Waals surface area contributed by atoms with Crippen LogP contribution in [0.15, 0.2) is 24.3 Å². The number of aryl methyl sites for hydroxylation is 2. The van der Waals surface area contributed by atoms with E-state index >= 15 is 0 Å². The molecule has 7 nitrogen and oxygen atoms in total. The van der Waals surface area contributed by atoms with Crippen LogP contribution in [0.3, 0.4) is 0 Å². The summed E-state index contributed by atoms with van der Waals surface area (Å²) in [4.78, 5) is 19.2. The first-order chi connectivity index (χ1) is 14.4. The van der Waals surface area contributed by atoms with Crippen molar-refractivity contribution in [2.24, 2.45) is 0 Å². The van der Waals surface area contributed by atoms with Gasteiger partial charge in [-0.1, -0.05) is 0 Å². The molecule has 154 valence electrons. The lowest BCUT2D eigenvalue weighted by Crippen LogP contribution is -2.13. The molecule has 1 N–H and O–H groups in total. The van der Waals surface area contributed by atoms with E-state index in [1.165, 1.54) is 14.2 Å². The van der Waals surface area contributed by atoms with Crippen LogP contribution >= 0.6 is 22.6 Å². The number of imidazole rings is 1. The van der Waals surface area contributed by atoms with Gasteiger partial charge in [-0.25, -0.2) is 9.78 Å². The lowest BCUT2D eigenvalue weighted by Gasteiger charge is -2.13. The van der Waals surface area contributed by atoms with Gasteiger partial charge >= 0.3 is 5.97 Å². The minimum Gasteiger partial charge on any atom is -0.493 e. The molecule has 0 bridgehead atoms. The van der Waals surface area contributed by atoms with Crippen LogP contribution in [-0.4, -0.2) is 36.8 Å². The van der Waals surface area contributed by atoms with Crippen molar-refractivity contribution in [1.29, 1.82) is 5.26 Å². The van der Waals surface area contributed by atoms with Crippen LogP contribution in [-0.2, 0) is 9.53 Å². The molecule has 1 heterocycles. The molecule has 0 saturated carbocycles. The van der Waals surface area contributed by atoms with E-state index in [1.54, 1.807) is 12.1 Å². The molecular formula is C22H20IN3O4. The zero-order chi connectivity index (χ0) is 21.8. The van der Waals surface area contributed by atoms with Crippen LogP contribution in [0.2, 0.25) is 0 Å². The first-order valence-corrected chi connectivity index (χ1v) is 10.1. The standard InChI is InChI=1S/C22H20IN3O4/c1-12-5-17-18(6-13(12)2)26-22(25-17)15(10-24)7-14-8-16(23)21(19(9-14)28-3)30-11-20(27)29-4/h5-9H,11H2,1-4H3,(H,25,26)/b15-7+. The Morgan fingerprint density at radius 3 is 2.63 bits per heavy atom. The number of aromatic nitrogens is 2. The first kappa shape index (κ1) is 21.6. The van der Waals surface area contributed by atoms with Gasteiger partial charge in [0.15, 0.2) is 18.1 Å². The van der Waals surface area contributed by atoms with Crippen LogP contribution in [0.25, 0.3) is 22.7 Å². The van der Waals surface area contributed by atoms with Gasteiger partial charge in [-0.15, -0.1) is 0 Å². The van der Waals surface area contributed by atoms with Gasteiger partial charge in [-0.2, -0.15) is 5.26 Å². The summed E-state index contributed by atoms with van der Waals surface area (Å²) >= 11 is 2.09. The average molecular weight is 517 g/mol. The van der Waals surface area contributed by atoms with E-state index in [1.807, 2.05) is 32.0 Å². The number of fused-ring (bicyclic) bond motifs is 1. The number of ether oxygens (including phenoxy) is 3. The number of benzene rings is 2. The summed E-state index contributed by atoms with van der Waals surface area (Å²) in [5.41, 5.74) is 5.13. The number of nitriles is 1. The maximum Gasteiger partial charge on any atom is 0.343 e. The Kier molecular flexibility index (Phi) is 6.62. The Morgan fingerprint density at radius 1 is 1.23 bits per heavy atom. The van der Waals surface area contributed by atoms with Crippen LogP contribution in [0.4, 0.5) is 0 Å². The van der Waals surface area contributed by atoms with Crippen molar-refractivity contribution in [2.75, 3.05) is 20.8 Å². The number of esters is 1. The van der Waals surface area contributed by atoms with Gasteiger partial charge in [-0.05, 0) is 83.5 Å². The van der Waals surface area contributed by atoms with Gasteiger partial charge in [-0.3, -0.25) is 0 Å². The third kappa shape index (κ3) is 4.57. The predicted octanol–water partition coefficient (Wildman–Crippen LogP) is 4.41. The minimum absolute atomic E-state index is 0.223. The van der Waals surface area contributed by atoms with Crippen LogP contribution in [0, 0.1) is 28.7 Å². The van der Waals surface area contributed by atoms with Gasteiger partial charge in [0.1, 0.15) is 11.9 Å². The highest BCUT2D eigenvalue weighted by molar-refractivity contribution is 14.1. The molecule has 2 aromatic carbocycles. The normalized spacial score (nSPS) is 11.3. The zero-order valence-corrected chi connectivity index (χ0v) is 19.2. The van der Waals surface area contributed by atoms with E-state index < -0.39 is 5.97 Å². The Morgan fingerprint density at radius 2 is 1.97 bits per heavy atom. The molecule has 8 heteroatoms. The Balaban J connectivity index is 1.99. The molecule has 0 radical (unpaired) electrons. The fourth-order valence-corrected chi connectivity index (χ4v) is 3.65. The van der Waals surface area contributed by atoms with Crippen molar-refractivity contribution in [3.05, 3.63) is 50.4 Å².